The van der Waals surface area contributed by atoms with E-state index in [4.69, 9.17) is 13.6 Å². The van der Waals surface area contributed by atoms with Crippen molar-refractivity contribution in [2.75, 3.05) is 0 Å². The number of hydrogen-bond acceptors (Lipinski definition) is 8. The number of phenols is 4. The molecule has 3 rings (SSSR count). The van der Waals surface area contributed by atoms with Crippen molar-refractivity contribution in [3.8, 4) is 40.2 Å². The lowest BCUT2D eigenvalue weighted by Crippen LogP contribution is -2.08. The Kier molecular flexibility index (Phi) is 5.00. The zero-order chi connectivity index (χ0) is 19.4. The van der Waals surface area contributed by atoms with Crippen molar-refractivity contribution in [2.45, 2.75) is 0 Å². The van der Waals surface area contributed by atoms with E-state index >= 15 is 0 Å². The van der Waals surface area contributed by atoms with Crippen molar-refractivity contribution >= 4 is 7.82 Å². The molecule has 0 aliphatic rings. The van der Waals surface area contributed by atoms with Gasteiger partial charge in [-0.1, -0.05) is 30.3 Å². The van der Waals surface area contributed by atoms with Gasteiger partial charge in [-0.05, 0) is 36.4 Å². The minimum absolute atomic E-state index is 0.0886. The highest BCUT2D eigenvalue weighted by Gasteiger charge is 2.37. The largest absolute Gasteiger partial charge is 0.647 e. The van der Waals surface area contributed by atoms with Gasteiger partial charge in [0.05, 0.1) is 0 Å². The first-order chi connectivity index (χ1) is 12.9. The van der Waals surface area contributed by atoms with Crippen LogP contribution in [0.3, 0.4) is 0 Å². The quantitative estimate of drug-likeness (QED) is 0.463. The number of phosphoric acid groups is 1. The maximum absolute atomic E-state index is 13.2. The number of hydrogen-bond donors (Lipinski definition) is 4. The molecule has 0 atom stereocenters. The Hall–Kier alpha value is -3.51. The fraction of sp³-hybridized carbons (Fsp3) is 0. The molecule has 0 unspecified atom stereocenters. The highest BCUT2D eigenvalue weighted by Crippen LogP contribution is 2.56. The van der Waals surface area contributed by atoms with E-state index < -0.39 is 42.3 Å². The average Bonchev–Trinajstić information content (AvgIpc) is 2.63. The normalized spacial score (nSPS) is 11.0. The minimum atomic E-state index is -4.63. The molecule has 0 bridgehead atoms. The smallest absolute Gasteiger partial charge is 0.504 e. The van der Waals surface area contributed by atoms with Crippen LogP contribution in [-0.4, -0.2) is 20.4 Å². The van der Waals surface area contributed by atoms with Crippen molar-refractivity contribution in [3.63, 3.8) is 0 Å². The first kappa shape index (κ1) is 18.3. The summed E-state index contributed by atoms with van der Waals surface area (Å²) in [5, 5.41) is 39.5. The maximum Gasteiger partial charge on any atom is 0.647 e. The number of phosphoric ester groups is 1. The summed E-state index contributed by atoms with van der Waals surface area (Å²) < 4.78 is 28.9. The summed E-state index contributed by atoms with van der Waals surface area (Å²) in [6.45, 7) is 0. The van der Waals surface area contributed by atoms with Gasteiger partial charge in [0.25, 0.3) is 0 Å². The second kappa shape index (κ2) is 7.39. The van der Waals surface area contributed by atoms with Gasteiger partial charge in [0.1, 0.15) is 5.75 Å². The van der Waals surface area contributed by atoms with Crippen LogP contribution in [0.15, 0.2) is 66.7 Å². The molecule has 3 aromatic rings. The van der Waals surface area contributed by atoms with Crippen LogP contribution in [0.25, 0.3) is 0 Å². The first-order valence-corrected chi connectivity index (χ1v) is 9.10. The molecule has 4 N–H and O–H groups in total. The third-order valence-electron chi connectivity index (χ3n) is 3.31. The van der Waals surface area contributed by atoms with Gasteiger partial charge in [-0.25, -0.2) is 0 Å². The maximum atomic E-state index is 13.2. The molecular weight excluding hydrogens is 375 g/mol. The first-order valence-electron chi connectivity index (χ1n) is 7.64. The van der Waals surface area contributed by atoms with E-state index in [2.05, 4.69) is 0 Å². The summed E-state index contributed by atoms with van der Waals surface area (Å²) in [6.07, 6.45) is 0. The van der Waals surface area contributed by atoms with E-state index in [0.29, 0.717) is 0 Å². The Bertz CT molecular complexity index is 892. The summed E-state index contributed by atoms with van der Waals surface area (Å²) in [5.74, 6) is -3.08. The van der Waals surface area contributed by atoms with Crippen LogP contribution < -0.4 is 13.6 Å². The standard InChI is InChI=1S/C18H15O8P/c19-13-8-4-9-14(20)17(13)25-27(23,24-12-6-2-1-3-7-12)26-18-15(21)10-5-11-16(18)22/h1-11,19-22H. The predicted molar refractivity (Wildman–Crippen MR) is 95.5 cm³/mol. The lowest BCUT2D eigenvalue weighted by Gasteiger charge is -2.21. The molecule has 8 nitrogen and oxygen atoms in total. The lowest BCUT2D eigenvalue weighted by molar-refractivity contribution is 0.275. The molecule has 0 aliphatic heterocycles. The van der Waals surface area contributed by atoms with Crippen LogP contribution in [0.5, 0.6) is 40.2 Å². The molecule has 140 valence electrons. The molecule has 27 heavy (non-hydrogen) atoms. The monoisotopic (exact) mass is 390 g/mol. The molecule has 0 radical (unpaired) electrons. The zero-order valence-corrected chi connectivity index (χ0v) is 14.6. The van der Waals surface area contributed by atoms with Gasteiger partial charge in [0.15, 0.2) is 23.0 Å². The number of rotatable bonds is 6. The molecule has 9 heteroatoms. The number of phenolic OH excluding ortho intramolecular Hbond substituents is 4. The molecule has 0 aliphatic carbocycles. The van der Waals surface area contributed by atoms with Gasteiger partial charge in [-0.3, -0.25) is 0 Å². The highest BCUT2D eigenvalue weighted by molar-refractivity contribution is 7.49. The Morgan fingerprint density at radius 2 is 0.963 bits per heavy atom. The average molecular weight is 390 g/mol. The van der Waals surface area contributed by atoms with Gasteiger partial charge in [0.2, 0.25) is 11.5 Å². The molecule has 0 fully saturated rings. The Morgan fingerprint density at radius 1 is 0.556 bits per heavy atom. The number of aromatic hydroxyl groups is 4. The molecule has 0 aromatic heterocycles. The fourth-order valence-electron chi connectivity index (χ4n) is 2.10. The predicted octanol–water partition coefficient (Wildman–Crippen LogP) is 4.15. The number of benzene rings is 3. The molecule has 0 saturated carbocycles. The summed E-state index contributed by atoms with van der Waals surface area (Å²) in [4.78, 5) is 0. The second-order valence-electron chi connectivity index (χ2n) is 5.28. The topological polar surface area (TPSA) is 126 Å². The second-order valence-corrected chi connectivity index (χ2v) is 6.73. The fourth-order valence-corrected chi connectivity index (χ4v) is 3.42. The summed E-state index contributed by atoms with van der Waals surface area (Å²) in [5.41, 5.74) is 0. The van der Waals surface area contributed by atoms with Crippen molar-refractivity contribution in [3.05, 3.63) is 66.7 Å². The zero-order valence-electron chi connectivity index (χ0n) is 13.7. The molecular formula is C18H15O8P. The molecule has 0 spiro atoms. The summed E-state index contributed by atoms with van der Waals surface area (Å²) in [6, 6.07) is 15.3. The SMILES string of the molecule is O=P(Oc1ccccc1)(Oc1c(O)cccc1O)Oc1c(O)cccc1O. The van der Waals surface area contributed by atoms with Crippen LogP contribution in [0, 0.1) is 0 Å². The molecule has 3 aromatic carbocycles. The Morgan fingerprint density at radius 3 is 1.37 bits per heavy atom. The lowest BCUT2D eigenvalue weighted by atomic mass is 10.3. The van der Waals surface area contributed by atoms with Gasteiger partial charge < -0.3 is 34.0 Å². The number of para-hydroxylation sites is 3. The van der Waals surface area contributed by atoms with Crippen LogP contribution in [0.1, 0.15) is 0 Å². The van der Waals surface area contributed by atoms with E-state index in [0.717, 1.165) is 0 Å². The van der Waals surface area contributed by atoms with Crippen LogP contribution in [-0.2, 0) is 4.57 Å². The summed E-state index contributed by atoms with van der Waals surface area (Å²) in [7, 11) is -4.63. The van der Waals surface area contributed by atoms with Crippen LogP contribution in [0.4, 0.5) is 0 Å². The molecule has 0 heterocycles. The van der Waals surface area contributed by atoms with Gasteiger partial charge >= 0.3 is 7.82 Å². The highest BCUT2D eigenvalue weighted by atomic mass is 31.2. The Balaban J connectivity index is 2.02. The van der Waals surface area contributed by atoms with Gasteiger partial charge in [-0.2, -0.15) is 4.57 Å². The van der Waals surface area contributed by atoms with Crippen molar-refractivity contribution < 1.29 is 38.6 Å². The summed E-state index contributed by atoms with van der Waals surface area (Å²) >= 11 is 0. The van der Waals surface area contributed by atoms with Gasteiger partial charge in [0, 0.05) is 0 Å². The third-order valence-corrected chi connectivity index (χ3v) is 4.56. The van der Waals surface area contributed by atoms with Crippen molar-refractivity contribution in [1.29, 1.82) is 0 Å². The van der Waals surface area contributed by atoms with E-state index in [1.54, 1.807) is 18.2 Å². The van der Waals surface area contributed by atoms with Crippen molar-refractivity contribution in [2.24, 2.45) is 0 Å². The van der Waals surface area contributed by atoms with Crippen LogP contribution >= 0.6 is 7.82 Å². The van der Waals surface area contributed by atoms with Crippen LogP contribution in [0.2, 0.25) is 0 Å². The van der Waals surface area contributed by atoms with Crippen molar-refractivity contribution in [1.82, 2.24) is 0 Å². The Labute approximate surface area is 154 Å². The van der Waals surface area contributed by atoms with E-state index in [1.807, 2.05) is 0 Å². The van der Waals surface area contributed by atoms with E-state index in [-0.39, 0.29) is 5.75 Å². The van der Waals surface area contributed by atoms with E-state index in [9.17, 15) is 25.0 Å². The minimum Gasteiger partial charge on any atom is -0.504 e. The molecule has 0 saturated heterocycles. The third kappa shape index (κ3) is 4.19. The molecule has 0 amide bonds. The van der Waals surface area contributed by atoms with Gasteiger partial charge in [-0.15, -0.1) is 0 Å². The van der Waals surface area contributed by atoms with E-state index in [1.165, 1.54) is 48.5 Å².